The molecule has 2 aromatic rings. The SMILES string of the molecule is CCc1nc([C@@H]2CCCN2CC(=O)Nc2nc3c(s2)CCC3)no1. The van der Waals surface area contributed by atoms with Crippen LogP contribution in [0.15, 0.2) is 4.52 Å². The van der Waals surface area contributed by atoms with Crippen molar-refractivity contribution in [2.24, 2.45) is 0 Å². The van der Waals surface area contributed by atoms with Crippen molar-refractivity contribution >= 4 is 22.4 Å². The summed E-state index contributed by atoms with van der Waals surface area (Å²) in [6.07, 6.45) is 6.04. The summed E-state index contributed by atoms with van der Waals surface area (Å²) in [6, 6.07) is 0.0705. The third kappa shape index (κ3) is 3.08. The molecule has 1 atom stereocenters. The van der Waals surface area contributed by atoms with Crippen molar-refractivity contribution in [2.45, 2.75) is 51.5 Å². The number of rotatable bonds is 5. The van der Waals surface area contributed by atoms with Crippen molar-refractivity contribution in [1.82, 2.24) is 20.0 Å². The lowest BCUT2D eigenvalue weighted by atomic mass is 10.2. The monoisotopic (exact) mass is 347 g/mol. The minimum atomic E-state index is -0.0199. The lowest BCUT2D eigenvalue weighted by molar-refractivity contribution is -0.117. The van der Waals surface area contributed by atoms with Crippen LogP contribution in [0.3, 0.4) is 0 Å². The highest BCUT2D eigenvalue weighted by Gasteiger charge is 2.31. The first kappa shape index (κ1) is 15.7. The Kier molecular flexibility index (Phi) is 4.32. The quantitative estimate of drug-likeness (QED) is 0.894. The summed E-state index contributed by atoms with van der Waals surface area (Å²) < 4.78 is 5.21. The van der Waals surface area contributed by atoms with Crippen molar-refractivity contribution in [3.8, 4) is 0 Å². The number of nitrogens with zero attached hydrogens (tertiary/aromatic N) is 4. The predicted molar refractivity (Wildman–Crippen MR) is 90.0 cm³/mol. The summed E-state index contributed by atoms with van der Waals surface area (Å²) in [4.78, 5) is 24.8. The van der Waals surface area contributed by atoms with E-state index in [4.69, 9.17) is 4.52 Å². The van der Waals surface area contributed by atoms with Crippen molar-refractivity contribution in [2.75, 3.05) is 18.4 Å². The van der Waals surface area contributed by atoms with Gasteiger partial charge in [0.05, 0.1) is 18.3 Å². The Hall–Kier alpha value is -1.80. The predicted octanol–water partition coefficient (Wildman–Crippen LogP) is 2.35. The smallest absolute Gasteiger partial charge is 0.240 e. The minimum Gasteiger partial charge on any atom is -0.339 e. The molecule has 0 bridgehead atoms. The Morgan fingerprint density at radius 1 is 1.38 bits per heavy atom. The van der Waals surface area contributed by atoms with Gasteiger partial charge < -0.3 is 9.84 Å². The number of fused-ring (bicyclic) bond motifs is 1. The Labute approximate surface area is 144 Å². The minimum absolute atomic E-state index is 0.0199. The molecule has 8 heteroatoms. The molecule has 4 rings (SSSR count). The first-order valence-corrected chi connectivity index (χ1v) is 9.39. The second-order valence-corrected chi connectivity index (χ2v) is 7.40. The standard InChI is InChI=1S/C16H21N5O2S/c1-2-14-19-15(20-23-14)11-6-4-8-21(11)9-13(22)18-16-17-10-5-3-7-12(10)24-16/h11H,2-9H2,1H3,(H,17,18,22)/t11-/m0/s1. The first-order valence-electron chi connectivity index (χ1n) is 8.58. The fourth-order valence-corrected chi connectivity index (χ4v) is 4.51. The van der Waals surface area contributed by atoms with Crippen LogP contribution in [0, 0.1) is 0 Å². The molecular formula is C16H21N5O2S. The molecule has 1 aliphatic carbocycles. The Morgan fingerprint density at radius 2 is 2.29 bits per heavy atom. The molecule has 2 aromatic heterocycles. The summed E-state index contributed by atoms with van der Waals surface area (Å²) >= 11 is 1.61. The maximum absolute atomic E-state index is 12.4. The molecule has 0 unspecified atom stereocenters. The summed E-state index contributed by atoms with van der Waals surface area (Å²) in [5, 5.41) is 7.75. The van der Waals surface area contributed by atoms with Gasteiger partial charge in [0.25, 0.3) is 0 Å². The van der Waals surface area contributed by atoms with E-state index in [0.717, 1.165) is 49.5 Å². The van der Waals surface area contributed by atoms with Crippen LogP contribution < -0.4 is 5.32 Å². The molecule has 1 aliphatic heterocycles. The van der Waals surface area contributed by atoms with Crippen LogP contribution >= 0.6 is 11.3 Å². The maximum Gasteiger partial charge on any atom is 0.240 e. The fourth-order valence-electron chi connectivity index (χ4n) is 3.44. The van der Waals surface area contributed by atoms with Crippen LogP contribution in [0.1, 0.15) is 54.5 Å². The summed E-state index contributed by atoms with van der Waals surface area (Å²) in [7, 11) is 0. The maximum atomic E-state index is 12.4. The van der Waals surface area contributed by atoms with Crippen molar-refractivity contribution in [3.05, 3.63) is 22.3 Å². The number of aromatic nitrogens is 3. The van der Waals surface area contributed by atoms with Crippen LogP contribution in [0.5, 0.6) is 0 Å². The second kappa shape index (κ2) is 6.60. The number of anilines is 1. The summed E-state index contributed by atoms with van der Waals surface area (Å²) in [5.41, 5.74) is 1.16. The highest BCUT2D eigenvalue weighted by molar-refractivity contribution is 7.15. The normalized spacial score (nSPS) is 20.5. The molecule has 0 radical (unpaired) electrons. The van der Waals surface area contributed by atoms with Crippen LogP contribution in [0.2, 0.25) is 0 Å². The molecule has 1 N–H and O–H groups in total. The molecule has 3 heterocycles. The lowest BCUT2D eigenvalue weighted by Gasteiger charge is -2.20. The molecule has 1 saturated heterocycles. The van der Waals surface area contributed by atoms with Crippen molar-refractivity contribution in [1.29, 1.82) is 0 Å². The Bertz CT molecular complexity index is 719. The third-order valence-electron chi connectivity index (χ3n) is 4.64. The van der Waals surface area contributed by atoms with E-state index in [9.17, 15) is 4.79 Å². The average Bonchev–Trinajstić information content (AvgIpc) is 3.29. The molecular weight excluding hydrogens is 326 g/mol. The van der Waals surface area contributed by atoms with Crippen LogP contribution in [0.4, 0.5) is 5.13 Å². The molecule has 0 saturated carbocycles. The number of hydrogen-bond donors (Lipinski definition) is 1. The largest absolute Gasteiger partial charge is 0.339 e. The van der Waals surface area contributed by atoms with E-state index in [1.54, 1.807) is 11.3 Å². The number of amides is 1. The zero-order chi connectivity index (χ0) is 16.5. The van der Waals surface area contributed by atoms with Gasteiger partial charge in [0.2, 0.25) is 11.8 Å². The van der Waals surface area contributed by atoms with E-state index in [1.807, 2.05) is 6.92 Å². The first-order chi connectivity index (χ1) is 11.7. The van der Waals surface area contributed by atoms with Gasteiger partial charge in [-0.1, -0.05) is 12.1 Å². The number of carbonyl (C=O) groups excluding carboxylic acids is 1. The molecule has 24 heavy (non-hydrogen) atoms. The lowest BCUT2D eigenvalue weighted by Crippen LogP contribution is -2.33. The van der Waals surface area contributed by atoms with Gasteiger partial charge in [0.15, 0.2) is 11.0 Å². The third-order valence-corrected chi connectivity index (χ3v) is 5.71. The van der Waals surface area contributed by atoms with Crippen molar-refractivity contribution in [3.63, 3.8) is 0 Å². The van der Waals surface area contributed by atoms with E-state index in [1.165, 1.54) is 11.3 Å². The van der Waals surface area contributed by atoms with Gasteiger partial charge in [0.1, 0.15) is 0 Å². The van der Waals surface area contributed by atoms with Crippen molar-refractivity contribution < 1.29 is 9.32 Å². The molecule has 1 amide bonds. The van der Waals surface area contributed by atoms with Crippen LogP contribution in [0.25, 0.3) is 0 Å². The number of likely N-dealkylation sites (tertiary alicyclic amines) is 1. The molecule has 2 aliphatic rings. The van der Waals surface area contributed by atoms with Gasteiger partial charge in [-0.05, 0) is 38.6 Å². The van der Waals surface area contributed by atoms with Crippen LogP contribution in [-0.4, -0.2) is 39.0 Å². The van der Waals surface area contributed by atoms with Crippen LogP contribution in [-0.2, 0) is 24.1 Å². The van der Waals surface area contributed by atoms with Gasteiger partial charge in [-0.25, -0.2) is 4.98 Å². The number of nitrogens with one attached hydrogen (secondary N) is 1. The Balaban J connectivity index is 1.38. The molecule has 0 aromatic carbocycles. The van der Waals surface area contributed by atoms with E-state index >= 15 is 0 Å². The van der Waals surface area contributed by atoms with E-state index in [-0.39, 0.29) is 11.9 Å². The summed E-state index contributed by atoms with van der Waals surface area (Å²) in [5.74, 6) is 1.33. The van der Waals surface area contributed by atoms with Gasteiger partial charge in [-0.3, -0.25) is 9.69 Å². The average molecular weight is 347 g/mol. The number of hydrogen-bond acceptors (Lipinski definition) is 7. The molecule has 128 valence electrons. The second-order valence-electron chi connectivity index (χ2n) is 6.32. The Morgan fingerprint density at radius 3 is 3.08 bits per heavy atom. The van der Waals surface area contributed by atoms with E-state index in [0.29, 0.717) is 18.3 Å². The van der Waals surface area contributed by atoms with E-state index in [2.05, 4.69) is 25.3 Å². The number of thiazole rings is 1. The zero-order valence-electron chi connectivity index (χ0n) is 13.7. The summed E-state index contributed by atoms with van der Waals surface area (Å²) in [6.45, 7) is 3.20. The molecule has 1 fully saturated rings. The van der Waals surface area contributed by atoms with Gasteiger partial charge in [0, 0.05) is 11.3 Å². The highest BCUT2D eigenvalue weighted by Crippen LogP contribution is 2.32. The fraction of sp³-hybridized carbons (Fsp3) is 0.625. The number of aryl methyl sites for hydroxylation is 3. The van der Waals surface area contributed by atoms with E-state index < -0.39 is 0 Å². The van der Waals surface area contributed by atoms with Gasteiger partial charge in [-0.15, -0.1) is 11.3 Å². The number of carbonyl (C=O) groups is 1. The van der Waals surface area contributed by atoms with Gasteiger partial charge in [-0.2, -0.15) is 4.98 Å². The topological polar surface area (TPSA) is 84.2 Å². The highest BCUT2D eigenvalue weighted by atomic mass is 32.1. The molecule has 7 nitrogen and oxygen atoms in total. The molecule has 0 spiro atoms. The van der Waals surface area contributed by atoms with Gasteiger partial charge >= 0.3 is 0 Å². The zero-order valence-corrected chi connectivity index (χ0v) is 14.6.